The number of nitrogens with two attached hydrogens (primary N) is 1. The first-order valence-corrected chi connectivity index (χ1v) is 8.16. The van der Waals surface area contributed by atoms with Gasteiger partial charge >= 0.3 is 0 Å². The van der Waals surface area contributed by atoms with E-state index in [1.165, 1.54) is 0 Å². The molecule has 1 unspecified atom stereocenters. The molecule has 6 nitrogen and oxygen atoms in total. The highest BCUT2D eigenvalue weighted by Gasteiger charge is 2.34. The van der Waals surface area contributed by atoms with Crippen LogP contribution in [0.15, 0.2) is 42.6 Å². The Morgan fingerprint density at radius 2 is 2.08 bits per heavy atom. The highest BCUT2D eigenvalue weighted by molar-refractivity contribution is 5.25. The third-order valence-corrected chi connectivity index (χ3v) is 3.82. The van der Waals surface area contributed by atoms with Gasteiger partial charge in [-0.3, -0.25) is 4.90 Å². The Kier molecular flexibility index (Phi) is 4.97. The monoisotopic (exact) mass is 328 g/mol. The summed E-state index contributed by atoms with van der Waals surface area (Å²) < 4.78 is 12.0. The highest BCUT2D eigenvalue weighted by atomic mass is 16.5. The molecule has 6 heteroatoms. The van der Waals surface area contributed by atoms with Crippen LogP contribution in [-0.4, -0.2) is 46.3 Å². The molecule has 0 bridgehead atoms. The van der Waals surface area contributed by atoms with Crippen LogP contribution in [0.2, 0.25) is 0 Å². The molecule has 0 radical (unpaired) electrons. The van der Waals surface area contributed by atoms with Crippen molar-refractivity contribution in [3.8, 4) is 5.75 Å². The van der Waals surface area contributed by atoms with E-state index in [1.807, 2.05) is 30.3 Å². The summed E-state index contributed by atoms with van der Waals surface area (Å²) in [6.45, 7) is 6.94. The second-order valence-corrected chi connectivity index (χ2v) is 6.69. The van der Waals surface area contributed by atoms with E-state index in [9.17, 15) is 0 Å². The standard InChI is InChI=1S/C18H24N4O2/c1-18(2)13-22(11-17-20-9-8-16(19)21-17)10-15(24-18)12-23-14-6-4-3-5-7-14/h3-9,15H,10-13H2,1-2H3,(H2,19,20,21). The zero-order valence-electron chi connectivity index (χ0n) is 14.2. The van der Waals surface area contributed by atoms with Gasteiger partial charge in [0.1, 0.15) is 30.1 Å². The number of morpholine rings is 1. The van der Waals surface area contributed by atoms with Crippen molar-refractivity contribution in [2.45, 2.75) is 32.1 Å². The van der Waals surface area contributed by atoms with Gasteiger partial charge in [0.05, 0.1) is 12.1 Å². The minimum absolute atomic E-state index is 0.00462. The predicted molar refractivity (Wildman–Crippen MR) is 92.6 cm³/mol. The normalized spacial score (nSPS) is 20.7. The average molecular weight is 328 g/mol. The third kappa shape index (κ3) is 4.66. The fourth-order valence-electron chi connectivity index (χ4n) is 3.02. The molecule has 1 aliphatic heterocycles. The Labute approximate surface area is 142 Å². The summed E-state index contributed by atoms with van der Waals surface area (Å²) in [7, 11) is 0. The number of nitrogen functional groups attached to an aromatic ring is 1. The van der Waals surface area contributed by atoms with Crippen LogP contribution < -0.4 is 10.5 Å². The van der Waals surface area contributed by atoms with Crippen molar-refractivity contribution in [1.82, 2.24) is 14.9 Å². The third-order valence-electron chi connectivity index (χ3n) is 3.82. The van der Waals surface area contributed by atoms with Gasteiger partial charge in [0.25, 0.3) is 0 Å². The van der Waals surface area contributed by atoms with Gasteiger partial charge in [0, 0.05) is 19.3 Å². The largest absolute Gasteiger partial charge is 0.491 e. The van der Waals surface area contributed by atoms with Gasteiger partial charge in [-0.05, 0) is 32.0 Å². The Morgan fingerprint density at radius 1 is 1.29 bits per heavy atom. The van der Waals surface area contributed by atoms with Crippen LogP contribution in [-0.2, 0) is 11.3 Å². The fraction of sp³-hybridized carbons (Fsp3) is 0.444. The second kappa shape index (κ2) is 7.15. The number of rotatable bonds is 5. The van der Waals surface area contributed by atoms with Gasteiger partial charge in [-0.25, -0.2) is 9.97 Å². The van der Waals surface area contributed by atoms with Gasteiger partial charge in [-0.1, -0.05) is 18.2 Å². The van der Waals surface area contributed by atoms with Gasteiger partial charge in [0.2, 0.25) is 0 Å². The van der Waals surface area contributed by atoms with Crippen LogP contribution in [0.1, 0.15) is 19.7 Å². The first-order valence-electron chi connectivity index (χ1n) is 8.16. The molecule has 1 aliphatic rings. The first-order chi connectivity index (χ1) is 11.5. The fourth-order valence-corrected chi connectivity index (χ4v) is 3.02. The summed E-state index contributed by atoms with van der Waals surface area (Å²) in [5.74, 6) is 2.09. The highest BCUT2D eigenvalue weighted by Crippen LogP contribution is 2.23. The number of aromatic nitrogens is 2. The summed E-state index contributed by atoms with van der Waals surface area (Å²) in [5.41, 5.74) is 5.50. The Bertz CT molecular complexity index is 663. The van der Waals surface area contributed by atoms with Crippen molar-refractivity contribution in [1.29, 1.82) is 0 Å². The average Bonchev–Trinajstić information content (AvgIpc) is 2.52. The lowest BCUT2D eigenvalue weighted by Crippen LogP contribution is -2.54. The molecular formula is C18H24N4O2. The smallest absolute Gasteiger partial charge is 0.144 e. The van der Waals surface area contributed by atoms with Crippen LogP contribution in [0.3, 0.4) is 0 Å². The summed E-state index contributed by atoms with van der Waals surface area (Å²) in [6.07, 6.45) is 1.69. The molecule has 2 heterocycles. The molecule has 1 aromatic heterocycles. The molecular weight excluding hydrogens is 304 g/mol. The maximum absolute atomic E-state index is 6.16. The molecule has 1 atom stereocenters. The van der Waals surface area contributed by atoms with Gasteiger partial charge < -0.3 is 15.2 Å². The van der Waals surface area contributed by atoms with Crippen molar-refractivity contribution < 1.29 is 9.47 Å². The molecule has 3 rings (SSSR count). The van der Waals surface area contributed by atoms with E-state index in [1.54, 1.807) is 12.3 Å². The van der Waals surface area contributed by atoms with Crippen LogP contribution in [0.4, 0.5) is 5.82 Å². The Morgan fingerprint density at radius 3 is 2.83 bits per heavy atom. The number of hydrogen-bond acceptors (Lipinski definition) is 6. The second-order valence-electron chi connectivity index (χ2n) is 6.69. The molecule has 1 fully saturated rings. The molecule has 1 aromatic carbocycles. The number of para-hydroxylation sites is 1. The van der Waals surface area contributed by atoms with Gasteiger partial charge in [-0.15, -0.1) is 0 Å². The Hall–Kier alpha value is -2.18. The van der Waals surface area contributed by atoms with E-state index in [2.05, 4.69) is 28.7 Å². The van der Waals surface area contributed by atoms with E-state index in [4.69, 9.17) is 15.2 Å². The number of nitrogens with zero attached hydrogens (tertiary/aromatic N) is 3. The van der Waals surface area contributed by atoms with E-state index in [0.717, 1.165) is 24.7 Å². The van der Waals surface area contributed by atoms with Crippen LogP contribution >= 0.6 is 0 Å². The maximum Gasteiger partial charge on any atom is 0.144 e. The number of benzene rings is 1. The van der Waals surface area contributed by atoms with Crippen molar-refractivity contribution in [2.24, 2.45) is 0 Å². The van der Waals surface area contributed by atoms with Crippen LogP contribution in [0, 0.1) is 0 Å². The maximum atomic E-state index is 6.16. The number of ether oxygens (including phenoxy) is 2. The van der Waals surface area contributed by atoms with Crippen molar-refractivity contribution >= 4 is 5.82 Å². The van der Waals surface area contributed by atoms with E-state index in [0.29, 0.717) is 19.0 Å². The topological polar surface area (TPSA) is 73.5 Å². The van der Waals surface area contributed by atoms with Crippen LogP contribution in [0.5, 0.6) is 5.75 Å². The minimum Gasteiger partial charge on any atom is -0.491 e. The number of anilines is 1. The van der Waals surface area contributed by atoms with E-state index >= 15 is 0 Å². The van der Waals surface area contributed by atoms with Crippen molar-refractivity contribution in [2.75, 3.05) is 25.4 Å². The lowest BCUT2D eigenvalue weighted by molar-refractivity contribution is -0.148. The van der Waals surface area contributed by atoms with Crippen LogP contribution in [0.25, 0.3) is 0 Å². The zero-order valence-corrected chi connectivity index (χ0v) is 14.2. The molecule has 0 amide bonds. The molecule has 128 valence electrons. The lowest BCUT2D eigenvalue weighted by Gasteiger charge is -2.42. The summed E-state index contributed by atoms with van der Waals surface area (Å²) in [6, 6.07) is 11.5. The number of hydrogen-bond donors (Lipinski definition) is 1. The van der Waals surface area contributed by atoms with Crippen molar-refractivity contribution in [3.63, 3.8) is 0 Å². The quantitative estimate of drug-likeness (QED) is 0.906. The zero-order chi connectivity index (χ0) is 17.0. The van der Waals surface area contributed by atoms with Crippen molar-refractivity contribution in [3.05, 3.63) is 48.4 Å². The molecule has 0 saturated carbocycles. The summed E-state index contributed by atoms with van der Waals surface area (Å²) in [5, 5.41) is 0. The van der Waals surface area contributed by atoms with E-state index in [-0.39, 0.29) is 11.7 Å². The molecule has 0 spiro atoms. The molecule has 1 saturated heterocycles. The molecule has 24 heavy (non-hydrogen) atoms. The lowest BCUT2D eigenvalue weighted by atomic mass is 10.1. The molecule has 2 aromatic rings. The SMILES string of the molecule is CC1(C)CN(Cc2nccc(N)n2)CC(COc2ccccc2)O1. The van der Waals surface area contributed by atoms with E-state index < -0.39 is 0 Å². The van der Waals surface area contributed by atoms with Gasteiger partial charge in [-0.2, -0.15) is 0 Å². The summed E-state index contributed by atoms with van der Waals surface area (Å²) >= 11 is 0. The molecule has 2 N–H and O–H groups in total. The summed E-state index contributed by atoms with van der Waals surface area (Å²) in [4.78, 5) is 10.9. The predicted octanol–water partition coefficient (Wildman–Crippen LogP) is 2.12. The minimum atomic E-state index is -0.247. The Balaban J connectivity index is 1.61. The first kappa shape index (κ1) is 16.7. The van der Waals surface area contributed by atoms with Gasteiger partial charge in [0.15, 0.2) is 0 Å². The molecule has 0 aliphatic carbocycles.